The van der Waals surface area contributed by atoms with E-state index >= 15 is 0 Å². The van der Waals surface area contributed by atoms with Gasteiger partial charge in [-0.15, -0.1) is 0 Å². The van der Waals surface area contributed by atoms with E-state index in [1.54, 1.807) is 6.07 Å². The van der Waals surface area contributed by atoms with Crippen molar-refractivity contribution in [2.45, 2.75) is 105 Å². The summed E-state index contributed by atoms with van der Waals surface area (Å²) in [6, 6.07) is 25.6. The highest BCUT2D eigenvalue weighted by Gasteiger charge is 2.23. The number of carbonyl (C=O) groups excluding carboxylic acids is 1. The predicted octanol–water partition coefficient (Wildman–Crippen LogP) is 11.4. The molecule has 0 saturated heterocycles. The fourth-order valence-corrected chi connectivity index (χ4v) is 7.24. The van der Waals surface area contributed by atoms with Gasteiger partial charge in [-0.1, -0.05) is 97.1 Å². The van der Waals surface area contributed by atoms with Crippen molar-refractivity contribution in [3.8, 4) is 29.0 Å². The molecule has 3 heterocycles. The van der Waals surface area contributed by atoms with Crippen LogP contribution < -0.4 is 9.47 Å². The van der Waals surface area contributed by atoms with Crippen molar-refractivity contribution >= 4 is 17.4 Å². The van der Waals surface area contributed by atoms with Gasteiger partial charge in [-0.25, -0.2) is 9.78 Å². The Bertz CT molecular complexity index is 1920. The Morgan fingerprint density at radius 3 is 2.57 bits per heavy atom. The number of pyridine rings is 1. The number of methoxy groups -OCH3 is 1. The van der Waals surface area contributed by atoms with Crippen LogP contribution in [0.2, 0.25) is 0 Å². The van der Waals surface area contributed by atoms with Crippen molar-refractivity contribution < 1.29 is 19.0 Å². The summed E-state index contributed by atoms with van der Waals surface area (Å²) in [5.74, 6) is 3.35. The molecule has 53 heavy (non-hydrogen) atoms. The first-order chi connectivity index (χ1) is 25.8. The largest absolute Gasteiger partial charge is 0.493 e. The number of rotatable bonds is 6. The SMILES string of the molecule is CC.CCCC(C)C1CCC1.COC(=O)c1ccc2c(c1)C(C)CCC(Cc1ccc3cc1OCCc1cc(ccc1C#N)COc1cccc-3n1)=N2. The highest BCUT2D eigenvalue weighted by molar-refractivity contribution is 5.93. The fraction of sp³-hybridized carbons (Fsp3) is 0.435. The monoisotopic (exact) mass is 713 g/mol. The zero-order chi connectivity index (χ0) is 37.7. The topological polar surface area (TPSA) is 93.8 Å². The van der Waals surface area contributed by atoms with E-state index < -0.39 is 0 Å². The number of hydrogen-bond acceptors (Lipinski definition) is 7. The maximum absolute atomic E-state index is 12.1. The number of aliphatic imine (C=N–C) groups is 1. The number of ether oxygens (including phenoxy) is 3. The van der Waals surface area contributed by atoms with E-state index in [0.717, 1.165) is 75.3 Å². The number of nitrogens with zero attached hydrogens (tertiary/aromatic N) is 3. The number of fused-ring (bicyclic) bond motifs is 8. The third-order valence-electron chi connectivity index (χ3n) is 10.6. The summed E-state index contributed by atoms with van der Waals surface area (Å²) >= 11 is 0. The molecule has 2 aliphatic heterocycles. The first-order valence-electron chi connectivity index (χ1n) is 19.5. The molecule has 3 aromatic carbocycles. The molecule has 1 saturated carbocycles. The Kier molecular flexibility index (Phi) is 14.2. The van der Waals surface area contributed by atoms with Gasteiger partial charge in [0.05, 0.1) is 42.3 Å². The minimum atomic E-state index is -0.341. The highest BCUT2D eigenvalue weighted by Crippen LogP contribution is 2.37. The van der Waals surface area contributed by atoms with E-state index in [1.165, 1.54) is 39.2 Å². The number of aromatic nitrogens is 1. The van der Waals surface area contributed by atoms with Crippen LogP contribution in [0.1, 0.15) is 124 Å². The lowest BCUT2D eigenvalue weighted by atomic mass is 9.75. The van der Waals surface area contributed by atoms with Gasteiger partial charge in [0, 0.05) is 30.2 Å². The van der Waals surface area contributed by atoms with Gasteiger partial charge >= 0.3 is 5.97 Å². The second-order valence-corrected chi connectivity index (χ2v) is 14.2. The number of carbonyl (C=O) groups is 1. The zero-order valence-electron chi connectivity index (χ0n) is 32.4. The van der Waals surface area contributed by atoms with Gasteiger partial charge in [-0.2, -0.15) is 5.26 Å². The normalized spacial score (nSPS) is 16.6. The van der Waals surface area contributed by atoms with Crippen molar-refractivity contribution in [3.05, 3.63) is 106 Å². The number of hydrogen-bond donors (Lipinski definition) is 0. The Labute approximate surface area is 316 Å². The summed E-state index contributed by atoms with van der Waals surface area (Å²) in [5.41, 5.74) is 8.88. The predicted molar refractivity (Wildman–Crippen MR) is 213 cm³/mol. The lowest BCUT2D eigenvalue weighted by molar-refractivity contribution is 0.0600. The molecule has 0 radical (unpaired) electrons. The van der Waals surface area contributed by atoms with Crippen LogP contribution in [0.3, 0.4) is 0 Å². The van der Waals surface area contributed by atoms with Crippen LogP contribution in [0.5, 0.6) is 11.6 Å². The summed E-state index contributed by atoms with van der Waals surface area (Å²) in [6.45, 7) is 11.7. The number of benzene rings is 3. The summed E-state index contributed by atoms with van der Waals surface area (Å²) < 4.78 is 17.4. The molecule has 2 unspecified atom stereocenters. The molecule has 1 aromatic heterocycles. The third kappa shape index (κ3) is 10.1. The summed E-state index contributed by atoms with van der Waals surface area (Å²) in [6.07, 6.45) is 10.3. The number of esters is 1. The maximum Gasteiger partial charge on any atom is 0.337 e. The molecular weight excluding hydrogens is 659 g/mol. The van der Waals surface area contributed by atoms with Crippen LogP contribution >= 0.6 is 0 Å². The number of nitriles is 1. The molecule has 3 aliphatic rings. The quantitative estimate of drug-likeness (QED) is 0.185. The zero-order valence-corrected chi connectivity index (χ0v) is 32.4. The molecule has 7 heteroatoms. The van der Waals surface area contributed by atoms with Gasteiger partial charge in [-0.3, -0.25) is 4.99 Å². The highest BCUT2D eigenvalue weighted by atomic mass is 16.5. The molecule has 278 valence electrons. The molecule has 7 rings (SSSR count). The molecule has 1 fully saturated rings. The Balaban J connectivity index is 0.000000427. The van der Waals surface area contributed by atoms with Crippen LogP contribution in [0.4, 0.5) is 5.69 Å². The van der Waals surface area contributed by atoms with Crippen molar-refractivity contribution in [2.75, 3.05) is 13.7 Å². The molecule has 7 nitrogen and oxygen atoms in total. The van der Waals surface area contributed by atoms with Crippen LogP contribution in [-0.4, -0.2) is 30.4 Å². The average Bonchev–Trinajstić information content (AvgIpc) is 3.32. The standard InChI is InChI=1S/C35H31N3O4.C9H18.C2H6/c1-22-6-12-29(37-32-13-11-27(18-30(22)32)35(39)40-2)17-26-10-9-25-19-33(26)41-15-14-24-16-23(7-8-28(24)20-36)21-42-34-5-3-4-31(25)38-34;1-3-5-8(2)9-6-4-7-9;1-2/h3-5,7-11,13,16,18-19,22H,6,12,14-15,17,21H2,1-2H3;8-9H,3-7H2,1-2H3;1-2H3. The minimum absolute atomic E-state index is 0.258. The molecule has 0 N–H and O–H groups in total. The fourth-order valence-electron chi connectivity index (χ4n) is 7.24. The first-order valence-corrected chi connectivity index (χ1v) is 19.5. The van der Waals surface area contributed by atoms with Gasteiger partial charge < -0.3 is 14.2 Å². The Hall–Kier alpha value is -4.96. The molecule has 0 spiro atoms. The lowest BCUT2D eigenvalue weighted by Gasteiger charge is -2.31. The van der Waals surface area contributed by atoms with E-state index in [-0.39, 0.29) is 11.9 Å². The first kappa shape index (κ1) is 39.3. The molecule has 6 bridgehead atoms. The molecule has 0 amide bonds. The summed E-state index contributed by atoms with van der Waals surface area (Å²) in [5, 5.41) is 9.66. The molecular formula is C46H55N3O4. The average molecular weight is 714 g/mol. The Morgan fingerprint density at radius 2 is 1.83 bits per heavy atom. The van der Waals surface area contributed by atoms with Crippen molar-refractivity contribution in [3.63, 3.8) is 0 Å². The van der Waals surface area contributed by atoms with E-state index in [1.807, 2.05) is 68.4 Å². The second-order valence-electron chi connectivity index (χ2n) is 14.2. The van der Waals surface area contributed by atoms with Gasteiger partial charge in [0.2, 0.25) is 5.88 Å². The Morgan fingerprint density at radius 1 is 1.00 bits per heavy atom. The van der Waals surface area contributed by atoms with E-state index in [2.05, 4.69) is 39.0 Å². The summed E-state index contributed by atoms with van der Waals surface area (Å²) in [4.78, 5) is 21.9. The van der Waals surface area contributed by atoms with Crippen molar-refractivity contribution in [1.29, 1.82) is 5.26 Å². The van der Waals surface area contributed by atoms with Gasteiger partial charge in [0.1, 0.15) is 12.4 Å². The van der Waals surface area contributed by atoms with Crippen molar-refractivity contribution in [2.24, 2.45) is 16.8 Å². The second kappa shape index (κ2) is 19.2. The van der Waals surface area contributed by atoms with Crippen LogP contribution in [-0.2, 0) is 24.2 Å². The smallest absolute Gasteiger partial charge is 0.337 e. The van der Waals surface area contributed by atoms with Crippen LogP contribution in [0, 0.1) is 23.2 Å². The lowest BCUT2D eigenvalue weighted by Crippen LogP contribution is -2.19. The van der Waals surface area contributed by atoms with Gasteiger partial charge in [-0.05, 0) is 89.2 Å². The van der Waals surface area contributed by atoms with E-state index in [0.29, 0.717) is 43.1 Å². The third-order valence-corrected chi connectivity index (χ3v) is 10.6. The summed E-state index contributed by atoms with van der Waals surface area (Å²) in [7, 11) is 1.40. The van der Waals surface area contributed by atoms with Gasteiger partial charge in [0.15, 0.2) is 0 Å². The van der Waals surface area contributed by atoms with Crippen molar-refractivity contribution in [1.82, 2.24) is 4.98 Å². The van der Waals surface area contributed by atoms with E-state index in [4.69, 9.17) is 24.2 Å². The molecule has 1 aliphatic carbocycles. The van der Waals surface area contributed by atoms with Gasteiger partial charge in [0.25, 0.3) is 0 Å². The van der Waals surface area contributed by atoms with E-state index in [9.17, 15) is 10.1 Å². The van der Waals surface area contributed by atoms with Crippen LogP contribution in [0.15, 0.2) is 77.8 Å². The minimum Gasteiger partial charge on any atom is -0.493 e. The van der Waals surface area contributed by atoms with Crippen LogP contribution in [0.25, 0.3) is 11.3 Å². The maximum atomic E-state index is 12.1. The molecule has 2 atom stereocenters. The molecule has 4 aromatic rings.